The molecule has 0 unspecified atom stereocenters. The molecule has 0 radical (unpaired) electrons. The first-order chi connectivity index (χ1) is 17.7. The molecule has 8 nitrogen and oxygen atoms in total. The van der Waals surface area contributed by atoms with Gasteiger partial charge in [0, 0.05) is 10.6 Å². The normalized spacial score (nSPS) is 10.6. The van der Waals surface area contributed by atoms with Crippen LogP contribution in [0.2, 0.25) is 20.1 Å². The van der Waals surface area contributed by atoms with Crippen molar-refractivity contribution in [1.82, 2.24) is 0 Å². The summed E-state index contributed by atoms with van der Waals surface area (Å²) in [5, 5.41) is 8.66. The highest BCUT2D eigenvalue weighted by molar-refractivity contribution is 6.37. The van der Waals surface area contributed by atoms with Crippen LogP contribution in [0.25, 0.3) is 0 Å². The first kappa shape index (κ1) is 29.9. The number of nitrogens with zero attached hydrogens (tertiary/aromatic N) is 2. The van der Waals surface area contributed by atoms with E-state index >= 15 is 0 Å². The minimum atomic E-state index is -0.805. The van der Waals surface area contributed by atoms with Crippen LogP contribution in [0.3, 0.4) is 0 Å². The Balaban J connectivity index is 0.000000364. The third-order valence-electron chi connectivity index (χ3n) is 4.54. The van der Waals surface area contributed by atoms with Gasteiger partial charge < -0.3 is 19.1 Å². The monoisotopic (exact) mass is 584 g/mol. The van der Waals surface area contributed by atoms with Crippen LogP contribution in [0.15, 0.2) is 58.8 Å². The smallest absolute Gasteiger partial charge is 0.371 e. The molecule has 0 saturated carbocycles. The van der Waals surface area contributed by atoms with Gasteiger partial charge in [0.1, 0.15) is 11.3 Å². The molecule has 0 aliphatic rings. The first-order valence-corrected chi connectivity index (χ1v) is 11.7. The highest BCUT2D eigenvalue weighted by Gasteiger charge is 2.21. The van der Waals surface area contributed by atoms with Crippen molar-refractivity contribution in [2.24, 2.45) is 10.3 Å². The summed E-state index contributed by atoms with van der Waals surface area (Å²) < 4.78 is 10.1. The fourth-order valence-electron chi connectivity index (χ4n) is 2.77. The van der Waals surface area contributed by atoms with E-state index in [0.717, 1.165) is 5.56 Å². The number of hydrogen-bond donors (Lipinski definition) is 0. The topological polar surface area (TPSA) is 95.8 Å². The highest BCUT2D eigenvalue weighted by atomic mass is 35.5. The maximum atomic E-state index is 12.2. The van der Waals surface area contributed by atoms with Crippen LogP contribution < -0.4 is 9.47 Å². The molecular formula is C25H20Cl4N2O6. The Kier molecular flexibility index (Phi) is 12.2. The molecule has 3 aromatic carbocycles. The van der Waals surface area contributed by atoms with Gasteiger partial charge in [-0.25, -0.2) is 4.79 Å². The van der Waals surface area contributed by atoms with Crippen LogP contribution in [-0.4, -0.2) is 39.1 Å². The van der Waals surface area contributed by atoms with Crippen LogP contribution in [-0.2, 0) is 14.5 Å². The third-order valence-corrected chi connectivity index (χ3v) is 5.86. The van der Waals surface area contributed by atoms with E-state index in [0.29, 0.717) is 26.9 Å². The van der Waals surface area contributed by atoms with Gasteiger partial charge in [0.25, 0.3) is 0 Å². The van der Waals surface area contributed by atoms with Gasteiger partial charge in [-0.15, -0.1) is 0 Å². The summed E-state index contributed by atoms with van der Waals surface area (Å²) in [6.07, 6.45) is 2.70. The molecule has 194 valence electrons. The lowest BCUT2D eigenvalue weighted by atomic mass is 10.2. The molecule has 0 atom stereocenters. The predicted molar refractivity (Wildman–Crippen MR) is 145 cm³/mol. The number of halogens is 4. The van der Waals surface area contributed by atoms with Gasteiger partial charge >= 0.3 is 12.4 Å². The van der Waals surface area contributed by atoms with Crippen LogP contribution in [0.4, 0.5) is 0 Å². The molecule has 0 spiro atoms. The fourth-order valence-corrected chi connectivity index (χ4v) is 3.66. The summed E-state index contributed by atoms with van der Waals surface area (Å²) in [6, 6.07) is 13.3. The molecule has 0 aliphatic heterocycles. The number of ether oxygens (including phenoxy) is 2. The zero-order chi connectivity index (χ0) is 27.4. The minimum Gasteiger partial charge on any atom is -0.495 e. The molecule has 0 N–H and O–H groups in total. The molecule has 0 saturated heterocycles. The summed E-state index contributed by atoms with van der Waals surface area (Å²) in [5.74, 6) is -0.0416. The van der Waals surface area contributed by atoms with E-state index in [1.54, 1.807) is 43.5 Å². The van der Waals surface area contributed by atoms with Crippen LogP contribution in [0.1, 0.15) is 27.0 Å². The van der Waals surface area contributed by atoms with Gasteiger partial charge in [0.05, 0.1) is 41.7 Å². The SMILES string of the molecule is COc1c(Cl)ccc(Cl)c1C.COc1c(Cl)ccc(Cl)c1C(=O)O/N=C/c1ccc(/C=N/OC=O)cc1. The van der Waals surface area contributed by atoms with E-state index in [1.807, 2.05) is 6.92 Å². The molecule has 12 heteroatoms. The molecule has 0 aliphatic carbocycles. The van der Waals surface area contributed by atoms with E-state index in [-0.39, 0.29) is 27.8 Å². The fraction of sp³-hybridized carbons (Fsp3) is 0.120. The molecule has 0 bridgehead atoms. The van der Waals surface area contributed by atoms with Crippen molar-refractivity contribution in [1.29, 1.82) is 0 Å². The maximum Gasteiger partial charge on any atom is 0.371 e. The van der Waals surface area contributed by atoms with Crippen molar-refractivity contribution in [3.8, 4) is 11.5 Å². The van der Waals surface area contributed by atoms with Gasteiger partial charge in [-0.2, -0.15) is 0 Å². The summed E-state index contributed by atoms with van der Waals surface area (Å²) in [5.41, 5.74) is 2.23. The Morgan fingerprint density at radius 1 is 0.730 bits per heavy atom. The zero-order valence-corrected chi connectivity index (χ0v) is 22.7. The summed E-state index contributed by atoms with van der Waals surface area (Å²) in [7, 11) is 2.94. The molecular weight excluding hydrogens is 566 g/mol. The highest BCUT2D eigenvalue weighted by Crippen LogP contribution is 2.34. The lowest BCUT2D eigenvalue weighted by molar-refractivity contribution is -0.128. The number of methoxy groups -OCH3 is 2. The Morgan fingerprint density at radius 3 is 1.73 bits per heavy atom. The molecule has 3 aromatic rings. The average molecular weight is 586 g/mol. The summed E-state index contributed by atoms with van der Waals surface area (Å²) in [6.45, 7) is 2.08. The number of hydrogen-bond acceptors (Lipinski definition) is 8. The largest absolute Gasteiger partial charge is 0.495 e. The van der Waals surface area contributed by atoms with E-state index < -0.39 is 5.97 Å². The van der Waals surface area contributed by atoms with Gasteiger partial charge in [-0.1, -0.05) is 81.0 Å². The molecule has 0 aromatic heterocycles. The Labute approximate surface area is 233 Å². The molecule has 3 rings (SSSR count). The van der Waals surface area contributed by atoms with Crippen LogP contribution in [0, 0.1) is 6.92 Å². The van der Waals surface area contributed by atoms with Crippen molar-refractivity contribution in [3.05, 3.63) is 90.9 Å². The molecule has 37 heavy (non-hydrogen) atoms. The minimum absolute atomic E-state index is 0.0134. The lowest BCUT2D eigenvalue weighted by Gasteiger charge is -2.09. The van der Waals surface area contributed by atoms with Gasteiger partial charge in [0.2, 0.25) is 0 Å². The van der Waals surface area contributed by atoms with Crippen molar-refractivity contribution < 1.29 is 28.7 Å². The zero-order valence-electron chi connectivity index (χ0n) is 19.7. The van der Waals surface area contributed by atoms with E-state index in [4.69, 9.17) is 60.7 Å². The van der Waals surface area contributed by atoms with Crippen molar-refractivity contribution in [2.45, 2.75) is 6.92 Å². The second kappa shape index (κ2) is 15.1. The maximum absolute atomic E-state index is 12.2. The Morgan fingerprint density at radius 2 is 1.22 bits per heavy atom. The quantitative estimate of drug-likeness (QED) is 0.122. The molecule has 0 fully saturated rings. The number of carbonyl (C=O) groups is 2. The van der Waals surface area contributed by atoms with Crippen molar-refractivity contribution in [3.63, 3.8) is 0 Å². The number of carbonyl (C=O) groups excluding carboxylic acids is 2. The average Bonchev–Trinajstić information content (AvgIpc) is 2.89. The number of benzene rings is 3. The second-order valence-electron chi connectivity index (χ2n) is 6.84. The molecule has 0 heterocycles. The first-order valence-electron chi connectivity index (χ1n) is 10.2. The molecule has 0 amide bonds. The summed E-state index contributed by atoms with van der Waals surface area (Å²) >= 11 is 23.6. The van der Waals surface area contributed by atoms with Crippen LogP contribution in [0.5, 0.6) is 11.5 Å². The van der Waals surface area contributed by atoms with Crippen molar-refractivity contribution >= 4 is 71.3 Å². The van der Waals surface area contributed by atoms with E-state index in [9.17, 15) is 9.59 Å². The second-order valence-corrected chi connectivity index (χ2v) is 8.47. The van der Waals surface area contributed by atoms with Crippen LogP contribution >= 0.6 is 46.4 Å². The lowest BCUT2D eigenvalue weighted by Crippen LogP contribution is -2.05. The number of rotatable bonds is 8. The number of oxime groups is 2. The summed E-state index contributed by atoms with van der Waals surface area (Å²) in [4.78, 5) is 31.2. The third kappa shape index (κ3) is 8.65. The van der Waals surface area contributed by atoms with Gasteiger partial charge in [-0.3, -0.25) is 4.79 Å². The Hall–Kier alpha value is -3.30. The van der Waals surface area contributed by atoms with E-state index in [2.05, 4.69) is 15.1 Å². The predicted octanol–water partition coefficient (Wildman–Crippen LogP) is 7.01. The van der Waals surface area contributed by atoms with Gasteiger partial charge in [0.15, 0.2) is 5.75 Å². The van der Waals surface area contributed by atoms with Gasteiger partial charge in [-0.05, 0) is 42.3 Å². The van der Waals surface area contributed by atoms with E-state index in [1.165, 1.54) is 31.7 Å². The Bertz CT molecular complexity index is 1300. The van der Waals surface area contributed by atoms with Crippen molar-refractivity contribution in [2.75, 3.05) is 14.2 Å². The standard InChI is InChI=1S/C17H12Cl2N2O5.C8H8Cl2O/c1-24-16-14(19)7-6-13(18)15(16)17(23)26-21-9-12-4-2-11(3-5-12)8-20-25-10-22;1-5-6(9)3-4-7(10)8(5)11-2/h2-10H,1H3;3-4H,1-2H3/b20-8+,21-9+;.